The van der Waals surface area contributed by atoms with Crippen LogP contribution in [0.4, 0.5) is 0 Å². The fourth-order valence-corrected chi connectivity index (χ4v) is 1.99. The smallest absolute Gasteiger partial charge is 0.235 e. The van der Waals surface area contributed by atoms with Crippen LogP contribution in [-0.4, -0.2) is 20.3 Å². The van der Waals surface area contributed by atoms with E-state index in [-0.39, 0.29) is 6.54 Å². The van der Waals surface area contributed by atoms with Crippen LogP contribution in [0.2, 0.25) is 0 Å². The topological polar surface area (TPSA) is 47.9 Å². The molecule has 86 valence electrons. The molecule has 5 heteroatoms. The van der Waals surface area contributed by atoms with E-state index in [1.165, 1.54) is 6.08 Å². The lowest BCUT2D eigenvalue weighted by atomic mass is 10.1. The molecule has 0 aliphatic carbocycles. The molecule has 0 aliphatic heterocycles. The summed E-state index contributed by atoms with van der Waals surface area (Å²) < 4.78 is 11.2. The molecule has 0 saturated heterocycles. The number of benzene rings is 1. The molecular weight excluding hydrogens is 274 g/mol. The minimum Gasteiger partial charge on any atom is -0.493 e. The van der Waals surface area contributed by atoms with E-state index in [4.69, 9.17) is 9.47 Å². The highest BCUT2D eigenvalue weighted by Gasteiger charge is 2.14. The second kappa shape index (κ2) is 5.68. The molecule has 0 radical (unpaired) electrons. The second-order valence-electron chi connectivity index (χ2n) is 3.12. The molecule has 0 heterocycles. The summed E-state index contributed by atoms with van der Waals surface area (Å²) >= 11 is 3.43. The first-order valence-corrected chi connectivity index (χ1v) is 5.38. The Bertz CT molecular complexity index is 439. The molecule has 0 fully saturated rings. The number of rotatable bonds is 4. The van der Waals surface area contributed by atoms with E-state index in [0.717, 1.165) is 15.6 Å². The van der Waals surface area contributed by atoms with Crippen LogP contribution in [0, 0.1) is 6.92 Å². The molecule has 0 atom stereocenters. The third kappa shape index (κ3) is 2.43. The SMILES string of the molecule is COc1cc(CN=C=O)c(C)c(Br)c1OC. The van der Waals surface area contributed by atoms with E-state index >= 15 is 0 Å². The maximum absolute atomic E-state index is 10.1. The minimum atomic E-state index is 0.286. The highest BCUT2D eigenvalue weighted by Crippen LogP contribution is 2.39. The van der Waals surface area contributed by atoms with Crippen molar-refractivity contribution in [2.45, 2.75) is 13.5 Å². The van der Waals surface area contributed by atoms with Crippen molar-refractivity contribution in [1.82, 2.24) is 0 Å². The lowest BCUT2D eigenvalue weighted by Gasteiger charge is -2.14. The van der Waals surface area contributed by atoms with Gasteiger partial charge in [-0.15, -0.1) is 0 Å². The molecule has 0 N–H and O–H groups in total. The Morgan fingerprint density at radius 2 is 2.12 bits per heavy atom. The molecule has 0 aliphatic rings. The molecule has 4 nitrogen and oxygen atoms in total. The van der Waals surface area contributed by atoms with Crippen LogP contribution in [0.5, 0.6) is 11.5 Å². The highest BCUT2D eigenvalue weighted by atomic mass is 79.9. The van der Waals surface area contributed by atoms with Gasteiger partial charge in [0.05, 0.1) is 25.2 Å². The Morgan fingerprint density at radius 1 is 1.44 bits per heavy atom. The Balaban J connectivity index is 3.31. The number of nitrogens with zero attached hydrogens (tertiary/aromatic N) is 1. The Hall–Kier alpha value is -1.32. The van der Waals surface area contributed by atoms with Gasteiger partial charge < -0.3 is 9.47 Å². The number of hydrogen-bond donors (Lipinski definition) is 0. The normalized spacial score (nSPS) is 9.50. The number of isocyanates is 1. The summed E-state index contributed by atoms with van der Waals surface area (Å²) in [6.45, 7) is 2.20. The summed E-state index contributed by atoms with van der Waals surface area (Å²) in [4.78, 5) is 13.6. The highest BCUT2D eigenvalue weighted by molar-refractivity contribution is 9.10. The summed E-state index contributed by atoms with van der Waals surface area (Å²) in [6.07, 6.45) is 1.52. The van der Waals surface area contributed by atoms with E-state index in [9.17, 15) is 4.79 Å². The number of methoxy groups -OCH3 is 2. The third-order valence-corrected chi connectivity index (χ3v) is 3.23. The quantitative estimate of drug-likeness (QED) is 0.631. The van der Waals surface area contributed by atoms with Crippen molar-refractivity contribution >= 4 is 22.0 Å². The van der Waals surface area contributed by atoms with Crippen LogP contribution in [0.1, 0.15) is 11.1 Å². The zero-order valence-corrected chi connectivity index (χ0v) is 10.9. The largest absolute Gasteiger partial charge is 0.493 e. The van der Waals surface area contributed by atoms with Crippen LogP contribution in [0.25, 0.3) is 0 Å². The van der Waals surface area contributed by atoms with Crippen molar-refractivity contribution in [3.8, 4) is 11.5 Å². The van der Waals surface area contributed by atoms with Crippen LogP contribution in [0.3, 0.4) is 0 Å². The second-order valence-corrected chi connectivity index (χ2v) is 3.91. The number of aliphatic imine (C=N–C) groups is 1. The van der Waals surface area contributed by atoms with Gasteiger partial charge in [0.25, 0.3) is 0 Å². The molecule has 0 amide bonds. The van der Waals surface area contributed by atoms with Crippen LogP contribution in [-0.2, 0) is 11.3 Å². The van der Waals surface area contributed by atoms with Crippen molar-refractivity contribution in [3.63, 3.8) is 0 Å². The van der Waals surface area contributed by atoms with E-state index < -0.39 is 0 Å². The molecule has 1 aromatic rings. The van der Waals surface area contributed by atoms with Gasteiger partial charge in [-0.1, -0.05) is 0 Å². The lowest BCUT2D eigenvalue weighted by molar-refractivity contribution is 0.352. The van der Waals surface area contributed by atoms with Crippen molar-refractivity contribution in [3.05, 3.63) is 21.7 Å². The molecule has 16 heavy (non-hydrogen) atoms. The summed E-state index contributed by atoms with van der Waals surface area (Å²) in [7, 11) is 3.14. The van der Waals surface area contributed by atoms with E-state index in [1.54, 1.807) is 20.3 Å². The fraction of sp³-hybridized carbons (Fsp3) is 0.364. The monoisotopic (exact) mass is 285 g/mol. The van der Waals surface area contributed by atoms with Gasteiger partial charge in [0.15, 0.2) is 11.5 Å². The van der Waals surface area contributed by atoms with Gasteiger partial charge in [-0.05, 0) is 40.0 Å². The number of hydrogen-bond acceptors (Lipinski definition) is 4. The molecule has 0 spiro atoms. The maximum Gasteiger partial charge on any atom is 0.235 e. The first-order chi connectivity index (χ1) is 7.65. The van der Waals surface area contributed by atoms with E-state index in [1.807, 2.05) is 6.92 Å². The van der Waals surface area contributed by atoms with E-state index in [0.29, 0.717) is 11.5 Å². The first-order valence-electron chi connectivity index (χ1n) is 4.59. The Kier molecular flexibility index (Phi) is 4.52. The van der Waals surface area contributed by atoms with Crippen molar-refractivity contribution < 1.29 is 14.3 Å². The number of ether oxygens (including phenoxy) is 2. The summed E-state index contributed by atoms with van der Waals surface area (Å²) in [5.74, 6) is 1.25. The first kappa shape index (κ1) is 12.7. The maximum atomic E-state index is 10.1. The van der Waals surface area contributed by atoms with Crippen molar-refractivity contribution in [2.24, 2.45) is 4.99 Å². The fourth-order valence-electron chi connectivity index (χ4n) is 1.37. The zero-order chi connectivity index (χ0) is 12.1. The third-order valence-electron chi connectivity index (χ3n) is 2.28. The average Bonchev–Trinajstić information content (AvgIpc) is 2.30. The van der Waals surface area contributed by atoms with Crippen molar-refractivity contribution in [1.29, 1.82) is 0 Å². The van der Waals surface area contributed by atoms with Gasteiger partial charge in [0.1, 0.15) is 0 Å². The molecule has 0 unspecified atom stereocenters. The predicted octanol–water partition coefficient (Wildman–Crippen LogP) is 2.61. The van der Waals surface area contributed by atoms with Gasteiger partial charge >= 0.3 is 0 Å². The van der Waals surface area contributed by atoms with Crippen molar-refractivity contribution in [2.75, 3.05) is 14.2 Å². The number of carbonyl (C=O) groups excluding carboxylic acids is 1. The molecule has 1 aromatic carbocycles. The standard InChI is InChI=1S/C11H12BrNO3/c1-7-8(5-13-6-14)4-9(15-2)11(16-3)10(7)12/h4H,5H2,1-3H3. The van der Waals surface area contributed by atoms with Gasteiger partial charge in [-0.3, -0.25) is 0 Å². The Morgan fingerprint density at radius 3 is 2.62 bits per heavy atom. The van der Waals surface area contributed by atoms with Gasteiger partial charge in [-0.25, -0.2) is 9.79 Å². The summed E-state index contributed by atoms with van der Waals surface area (Å²) in [6, 6.07) is 1.81. The number of halogens is 1. The molecule has 0 saturated carbocycles. The van der Waals surface area contributed by atoms with Crippen LogP contribution < -0.4 is 9.47 Å². The lowest BCUT2D eigenvalue weighted by Crippen LogP contribution is -1.97. The molecule has 0 bridgehead atoms. The molecule has 1 rings (SSSR count). The van der Waals surface area contributed by atoms with Gasteiger partial charge in [-0.2, -0.15) is 0 Å². The minimum absolute atomic E-state index is 0.286. The summed E-state index contributed by atoms with van der Waals surface area (Å²) in [5.41, 5.74) is 1.87. The Labute approximate surface area is 102 Å². The van der Waals surface area contributed by atoms with Gasteiger partial charge in [0, 0.05) is 0 Å². The predicted molar refractivity (Wildman–Crippen MR) is 63.8 cm³/mol. The average molecular weight is 286 g/mol. The molecule has 0 aromatic heterocycles. The van der Waals surface area contributed by atoms with Crippen LogP contribution >= 0.6 is 15.9 Å². The van der Waals surface area contributed by atoms with E-state index in [2.05, 4.69) is 20.9 Å². The molecular formula is C11H12BrNO3. The summed E-state index contributed by atoms with van der Waals surface area (Å²) in [5, 5.41) is 0. The van der Waals surface area contributed by atoms with Gasteiger partial charge in [0.2, 0.25) is 6.08 Å². The zero-order valence-electron chi connectivity index (χ0n) is 9.33. The van der Waals surface area contributed by atoms with Crippen LogP contribution in [0.15, 0.2) is 15.5 Å².